The second-order valence-corrected chi connectivity index (χ2v) is 6.93. The SMILES string of the molecule is NCCC(=O)NCC1CCCCN1C(=O)c1ccc(-c2ccccc2)cc1. The lowest BCUT2D eigenvalue weighted by Gasteiger charge is -2.36. The molecular weight excluding hydrogens is 338 g/mol. The fourth-order valence-corrected chi connectivity index (χ4v) is 3.53. The Morgan fingerprint density at radius 3 is 2.41 bits per heavy atom. The second-order valence-electron chi connectivity index (χ2n) is 6.93. The van der Waals surface area contributed by atoms with E-state index < -0.39 is 0 Å². The highest BCUT2D eigenvalue weighted by Gasteiger charge is 2.27. The minimum absolute atomic E-state index is 0.0346. The number of likely N-dealkylation sites (tertiary alicyclic amines) is 1. The highest BCUT2D eigenvalue weighted by molar-refractivity contribution is 5.95. The molecule has 27 heavy (non-hydrogen) atoms. The van der Waals surface area contributed by atoms with Crippen LogP contribution in [0.3, 0.4) is 0 Å². The predicted molar refractivity (Wildman–Crippen MR) is 107 cm³/mol. The van der Waals surface area contributed by atoms with Crippen LogP contribution < -0.4 is 11.1 Å². The van der Waals surface area contributed by atoms with Crippen molar-refractivity contribution in [2.45, 2.75) is 31.7 Å². The average molecular weight is 365 g/mol. The van der Waals surface area contributed by atoms with E-state index in [1.807, 2.05) is 47.4 Å². The number of amides is 2. The summed E-state index contributed by atoms with van der Waals surface area (Å²) >= 11 is 0. The first-order valence-electron chi connectivity index (χ1n) is 9.62. The Labute approximate surface area is 160 Å². The molecule has 142 valence electrons. The van der Waals surface area contributed by atoms with Crippen molar-refractivity contribution in [1.29, 1.82) is 0 Å². The molecule has 0 radical (unpaired) electrons. The third-order valence-electron chi connectivity index (χ3n) is 5.03. The monoisotopic (exact) mass is 365 g/mol. The van der Waals surface area contributed by atoms with Gasteiger partial charge in [0.05, 0.1) is 0 Å². The number of nitrogens with zero attached hydrogens (tertiary/aromatic N) is 1. The second kappa shape index (κ2) is 9.33. The lowest BCUT2D eigenvalue weighted by Crippen LogP contribution is -2.49. The highest BCUT2D eigenvalue weighted by atomic mass is 16.2. The molecule has 1 fully saturated rings. The van der Waals surface area contributed by atoms with Crippen LogP contribution in [0, 0.1) is 0 Å². The zero-order chi connectivity index (χ0) is 19.1. The van der Waals surface area contributed by atoms with Crippen LogP contribution in [0.1, 0.15) is 36.0 Å². The average Bonchev–Trinajstić information content (AvgIpc) is 2.73. The van der Waals surface area contributed by atoms with E-state index in [1.165, 1.54) is 0 Å². The summed E-state index contributed by atoms with van der Waals surface area (Å²) in [6.07, 6.45) is 3.31. The molecule has 1 aliphatic rings. The Morgan fingerprint density at radius 1 is 1.00 bits per heavy atom. The van der Waals surface area contributed by atoms with Gasteiger partial charge >= 0.3 is 0 Å². The summed E-state index contributed by atoms with van der Waals surface area (Å²) in [6, 6.07) is 17.9. The van der Waals surface area contributed by atoms with Crippen LogP contribution in [0.15, 0.2) is 54.6 Å². The highest BCUT2D eigenvalue weighted by Crippen LogP contribution is 2.22. The van der Waals surface area contributed by atoms with Crippen LogP contribution in [0.25, 0.3) is 11.1 Å². The molecule has 0 aliphatic carbocycles. The fourth-order valence-electron chi connectivity index (χ4n) is 3.53. The summed E-state index contributed by atoms with van der Waals surface area (Å²) in [7, 11) is 0. The first-order valence-corrected chi connectivity index (χ1v) is 9.62. The molecule has 0 spiro atoms. The Balaban J connectivity index is 1.68. The molecule has 0 aromatic heterocycles. The van der Waals surface area contributed by atoms with E-state index >= 15 is 0 Å². The third-order valence-corrected chi connectivity index (χ3v) is 5.03. The number of nitrogens with one attached hydrogen (secondary N) is 1. The topological polar surface area (TPSA) is 75.4 Å². The molecule has 3 rings (SSSR count). The van der Waals surface area contributed by atoms with Gasteiger partial charge in [-0.1, -0.05) is 42.5 Å². The van der Waals surface area contributed by atoms with Crippen molar-refractivity contribution in [1.82, 2.24) is 10.2 Å². The van der Waals surface area contributed by atoms with Crippen LogP contribution in [-0.4, -0.2) is 42.4 Å². The van der Waals surface area contributed by atoms with Gasteiger partial charge in [-0.2, -0.15) is 0 Å². The van der Waals surface area contributed by atoms with Gasteiger partial charge in [-0.05, 0) is 42.5 Å². The van der Waals surface area contributed by atoms with Gasteiger partial charge in [0.2, 0.25) is 5.91 Å². The van der Waals surface area contributed by atoms with E-state index in [9.17, 15) is 9.59 Å². The van der Waals surface area contributed by atoms with Crippen molar-refractivity contribution >= 4 is 11.8 Å². The summed E-state index contributed by atoms with van der Waals surface area (Å²) in [5, 5.41) is 2.91. The molecule has 0 bridgehead atoms. The normalized spacial score (nSPS) is 16.8. The number of rotatable bonds is 6. The number of nitrogens with two attached hydrogens (primary N) is 1. The van der Waals surface area contributed by atoms with E-state index in [0.29, 0.717) is 25.1 Å². The van der Waals surface area contributed by atoms with Crippen molar-refractivity contribution in [3.63, 3.8) is 0 Å². The zero-order valence-electron chi connectivity index (χ0n) is 15.6. The molecule has 5 heteroatoms. The maximum Gasteiger partial charge on any atom is 0.254 e. The summed E-state index contributed by atoms with van der Waals surface area (Å²) in [4.78, 5) is 26.6. The maximum absolute atomic E-state index is 13.0. The van der Waals surface area contributed by atoms with Crippen molar-refractivity contribution in [2.24, 2.45) is 5.73 Å². The van der Waals surface area contributed by atoms with E-state index in [1.54, 1.807) is 0 Å². The Hall–Kier alpha value is -2.66. The van der Waals surface area contributed by atoms with Gasteiger partial charge < -0.3 is 16.0 Å². The smallest absolute Gasteiger partial charge is 0.254 e. The van der Waals surface area contributed by atoms with Crippen molar-refractivity contribution in [3.05, 3.63) is 60.2 Å². The van der Waals surface area contributed by atoms with Crippen LogP contribution in [0.5, 0.6) is 0 Å². The first-order chi connectivity index (χ1) is 13.2. The number of piperidine rings is 1. The molecule has 1 unspecified atom stereocenters. The summed E-state index contributed by atoms with van der Waals surface area (Å²) in [5.74, 6) is -0.0185. The van der Waals surface area contributed by atoms with E-state index in [2.05, 4.69) is 17.4 Å². The molecule has 1 atom stereocenters. The maximum atomic E-state index is 13.0. The summed E-state index contributed by atoms with van der Waals surface area (Å²) in [6.45, 7) is 1.57. The van der Waals surface area contributed by atoms with Gasteiger partial charge in [0.1, 0.15) is 0 Å². The van der Waals surface area contributed by atoms with Gasteiger partial charge in [-0.15, -0.1) is 0 Å². The van der Waals surface area contributed by atoms with E-state index in [0.717, 1.165) is 36.9 Å². The minimum atomic E-state index is -0.0531. The molecule has 1 heterocycles. The van der Waals surface area contributed by atoms with Crippen LogP contribution in [-0.2, 0) is 4.79 Å². The number of carbonyl (C=O) groups excluding carboxylic acids is 2. The van der Waals surface area contributed by atoms with Crippen LogP contribution >= 0.6 is 0 Å². The molecule has 2 aromatic carbocycles. The molecule has 1 aliphatic heterocycles. The van der Waals surface area contributed by atoms with Crippen LogP contribution in [0.4, 0.5) is 0 Å². The number of hydrogen-bond acceptors (Lipinski definition) is 3. The molecular formula is C22H27N3O2. The van der Waals surface area contributed by atoms with Gasteiger partial charge in [0.15, 0.2) is 0 Å². The Bertz CT molecular complexity index is 759. The standard InChI is InChI=1S/C22H27N3O2/c23-14-13-21(26)24-16-20-8-4-5-15-25(20)22(27)19-11-9-18(10-12-19)17-6-2-1-3-7-17/h1-3,6-7,9-12,20H,4-5,8,13-16,23H2,(H,24,26). The van der Waals surface area contributed by atoms with Gasteiger partial charge in [-0.25, -0.2) is 0 Å². The number of carbonyl (C=O) groups is 2. The summed E-state index contributed by atoms with van der Waals surface area (Å²) in [5.41, 5.74) is 8.34. The van der Waals surface area contributed by atoms with Crippen molar-refractivity contribution in [2.75, 3.05) is 19.6 Å². The number of benzene rings is 2. The molecule has 0 saturated carbocycles. The van der Waals surface area contributed by atoms with Crippen molar-refractivity contribution < 1.29 is 9.59 Å². The molecule has 5 nitrogen and oxygen atoms in total. The van der Waals surface area contributed by atoms with Crippen molar-refractivity contribution in [3.8, 4) is 11.1 Å². The number of hydrogen-bond donors (Lipinski definition) is 2. The van der Waals surface area contributed by atoms with Gasteiger partial charge in [0, 0.05) is 37.7 Å². The van der Waals surface area contributed by atoms with E-state index in [-0.39, 0.29) is 17.9 Å². The quantitative estimate of drug-likeness (QED) is 0.826. The molecule has 2 amide bonds. The molecule has 1 saturated heterocycles. The Morgan fingerprint density at radius 2 is 1.70 bits per heavy atom. The molecule has 3 N–H and O–H groups in total. The third kappa shape index (κ3) is 4.95. The van der Waals surface area contributed by atoms with E-state index in [4.69, 9.17) is 5.73 Å². The van der Waals surface area contributed by atoms with Gasteiger partial charge in [-0.3, -0.25) is 9.59 Å². The fraction of sp³-hybridized carbons (Fsp3) is 0.364. The lowest BCUT2D eigenvalue weighted by atomic mass is 9.99. The first kappa shape index (κ1) is 19.1. The zero-order valence-corrected chi connectivity index (χ0v) is 15.6. The van der Waals surface area contributed by atoms with Crippen LogP contribution in [0.2, 0.25) is 0 Å². The summed E-state index contributed by atoms with van der Waals surface area (Å²) < 4.78 is 0. The molecule has 2 aromatic rings. The predicted octanol–water partition coefficient (Wildman–Crippen LogP) is 2.81. The minimum Gasteiger partial charge on any atom is -0.354 e. The Kier molecular flexibility index (Phi) is 6.60. The largest absolute Gasteiger partial charge is 0.354 e. The lowest BCUT2D eigenvalue weighted by molar-refractivity contribution is -0.121. The van der Waals surface area contributed by atoms with Gasteiger partial charge in [0.25, 0.3) is 5.91 Å².